The van der Waals surface area contributed by atoms with Crippen LogP contribution in [0.5, 0.6) is 5.75 Å². The Bertz CT molecular complexity index is 1160. The zero-order valence-corrected chi connectivity index (χ0v) is 19.5. The number of benzene rings is 3. The summed E-state index contributed by atoms with van der Waals surface area (Å²) in [5, 5.41) is 0. The molecule has 1 atom stereocenters. The van der Waals surface area contributed by atoms with Crippen LogP contribution in [0.15, 0.2) is 83.8 Å². The predicted octanol–water partition coefficient (Wildman–Crippen LogP) is 4.74. The van der Waals surface area contributed by atoms with Crippen molar-refractivity contribution in [3.8, 4) is 5.75 Å². The molecule has 0 fully saturated rings. The summed E-state index contributed by atoms with van der Waals surface area (Å²) in [6.45, 7) is 4.39. The highest BCUT2D eigenvalue weighted by atomic mass is 32.2. The molecule has 0 heterocycles. The van der Waals surface area contributed by atoms with E-state index >= 15 is 0 Å². The van der Waals surface area contributed by atoms with Crippen molar-refractivity contribution in [2.75, 3.05) is 25.0 Å². The molecule has 0 saturated heterocycles. The standard InChI is InChI=1S/C25H28N2O4S/c1-5-27(19(2)21-10-9-13-23(18-21)31-4)25(28)20-14-16-24(17-15-20)32(29,30)26(3)22-11-7-6-8-12-22/h6-19H,5H2,1-4H3. The lowest BCUT2D eigenvalue weighted by Crippen LogP contribution is -2.33. The van der Waals surface area contributed by atoms with Crippen LogP contribution in [0, 0.1) is 0 Å². The molecule has 7 heteroatoms. The number of rotatable bonds is 8. The second-order valence-electron chi connectivity index (χ2n) is 7.38. The van der Waals surface area contributed by atoms with Gasteiger partial charge in [-0.05, 0) is 67.9 Å². The van der Waals surface area contributed by atoms with Crippen LogP contribution in [0.3, 0.4) is 0 Å². The first kappa shape index (κ1) is 23.3. The Kier molecular flexibility index (Phi) is 7.20. The van der Waals surface area contributed by atoms with E-state index in [1.165, 1.54) is 23.5 Å². The van der Waals surface area contributed by atoms with E-state index in [0.29, 0.717) is 17.8 Å². The number of methoxy groups -OCH3 is 1. The van der Waals surface area contributed by atoms with Crippen LogP contribution in [0.4, 0.5) is 5.69 Å². The first-order chi connectivity index (χ1) is 15.3. The molecule has 1 unspecified atom stereocenters. The molecular formula is C25H28N2O4S. The van der Waals surface area contributed by atoms with Crippen LogP contribution in [0.2, 0.25) is 0 Å². The number of anilines is 1. The van der Waals surface area contributed by atoms with Gasteiger partial charge in [0.25, 0.3) is 15.9 Å². The number of para-hydroxylation sites is 1. The Balaban J connectivity index is 1.83. The van der Waals surface area contributed by atoms with Gasteiger partial charge in [-0.25, -0.2) is 8.42 Å². The molecule has 3 aromatic rings. The lowest BCUT2D eigenvalue weighted by molar-refractivity contribution is 0.0702. The van der Waals surface area contributed by atoms with E-state index in [0.717, 1.165) is 11.3 Å². The Morgan fingerprint density at radius 2 is 1.62 bits per heavy atom. The van der Waals surface area contributed by atoms with Crippen molar-refractivity contribution < 1.29 is 17.9 Å². The van der Waals surface area contributed by atoms with Gasteiger partial charge in [-0.3, -0.25) is 9.10 Å². The molecular weight excluding hydrogens is 424 g/mol. The largest absolute Gasteiger partial charge is 0.497 e. The van der Waals surface area contributed by atoms with Crippen molar-refractivity contribution in [3.05, 3.63) is 90.0 Å². The molecule has 0 saturated carbocycles. The number of hydrogen-bond acceptors (Lipinski definition) is 4. The third-order valence-electron chi connectivity index (χ3n) is 5.52. The van der Waals surface area contributed by atoms with Gasteiger partial charge in [0, 0.05) is 19.2 Å². The SMILES string of the molecule is CCN(C(=O)c1ccc(S(=O)(=O)N(C)c2ccccc2)cc1)C(C)c1cccc(OC)c1. The minimum atomic E-state index is -3.73. The van der Waals surface area contributed by atoms with E-state index in [1.807, 2.05) is 44.2 Å². The van der Waals surface area contributed by atoms with Crippen molar-refractivity contribution in [1.29, 1.82) is 0 Å². The van der Waals surface area contributed by atoms with Crippen molar-refractivity contribution >= 4 is 21.6 Å². The highest BCUT2D eigenvalue weighted by Crippen LogP contribution is 2.26. The third-order valence-corrected chi connectivity index (χ3v) is 7.32. The average molecular weight is 453 g/mol. The average Bonchev–Trinajstić information content (AvgIpc) is 2.84. The number of ether oxygens (including phenoxy) is 1. The minimum absolute atomic E-state index is 0.129. The van der Waals surface area contributed by atoms with Gasteiger partial charge in [0.15, 0.2) is 0 Å². The smallest absolute Gasteiger partial charge is 0.264 e. The van der Waals surface area contributed by atoms with Crippen molar-refractivity contribution in [3.63, 3.8) is 0 Å². The Morgan fingerprint density at radius 3 is 2.22 bits per heavy atom. The van der Waals surface area contributed by atoms with E-state index in [2.05, 4.69) is 0 Å². The summed E-state index contributed by atoms with van der Waals surface area (Å²) in [5.41, 5.74) is 1.96. The molecule has 32 heavy (non-hydrogen) atoms. The number of amides is 1. The van der Waals surface area contributed by atoms with Crippen LogP contribution >= 0.6 is 0 Å². The second kappa shape index (κ2) is 9.87. The lowest BCUT2D eigenvalue weighted by atomic mass is 10.1. The van der Waals surface area contributed by atoms with Gasteiger partial charge in [0.1, 0.15) is 5.75 Å². The minimum Gasteiger partial charge on any atom is -0.497 e. The summed E-state index contributed by atoms with van der Waals surface area (Å²) in [5.74, 6) is 0.568. The number of sulfonamides is 1. The molecule has 0 spiro atoms. The van der Waals surface area contributed by atoms with Crippen LogP contribution in [-0.4, -0.2) is 39.9 Å². The monoisotopic (exact) mass is 452 g/mol. The van der Waals surface area contributed by atoms with E-state index < -0.39 is 10.0 Å². The Hall–Kier alpha value is -3.32. The molecule has 1 amide bonds. The van der Waals surface area contributed by atoms with Crippen molar-refractivity contribution in [2.24, 2.45) is 0 Å². The molecule has 168 valence electrons. The number of carbonyl (C=O) groups is 1. The third kappa shape index (κ3) is 4.78. The number of hydrogen-bond donors (Lipinski definition) is 0. The van der Waals surface area contributed by atoms with Crippen molar-refractivity contribution in [1.82, 2.24) is 4.90 Å². The number of carbonyl (C=O) groups excluding carboxylic acids is 1. The number of nitrogens with zero attached hydrogens (tertiary/aromatic N) is 2. The lowest BCUT2D eigenvalue weighted by Gasteiger charge is -2.29. The maximum atomic E-state index is 13.2. The molecule has 0 aliphatic carbocycles. The summed E-state index contributed by atoms with van der Waals surface area (Å²) < 4.78 is 32.5. The summed E-state index contributed by atoms with van der Waals surface area (Å²) in [6.07, 6.45) is 0. The van der Waals surface area contributed by atoms with E-state index in [4.69, 9.17) is 4.74 Å². The zero-order chi connectivity index (χ0) is 23.3. The van der Waals surface area contributed by atoms with E-state index in [9.17, 15) is 13.2 Å². The molecule has 0 aliphatic rings. The fourth-order valence-electron chi connectivity index (χ4n) is 3.54. The maximum absolute atomic E-state index is 13.2. The molecule has 3 rings (SSSR count). The first-order valence-corrected chi connectivity index (χ1v) is 11.8. The molecule has 0 N–H and O–H groups in total. The maximum Gasteiger partial charge on any atom is 0.264 e. The van der Waals surface area contributed by atoms with Crippen LogP contribution in [-0.2, 0) is 10.0 Å². The van der Waals surface area contributed by atoms with Crippen molar-refractivity contribution in [2.45, 2.75) is 24.8 Å². The Labute approximate surface area is 190 Å². The normalized spacial score (nSPS) is 12.1. The zero-order valence-electron chi connectivity index (χ0n) is 18.7. The van der Waals surface area contributed by atoms with Gasteiger partial charge in [-0.1, -0.05) is 30.3 Å². The molecule has 0 radical (unpaired) electrons. The fourth-order valence-corrected chi connectivity index (χ4v) is 4.74. The summed E-state index contributed by atoms with van der Waals surface area (Å²) >= 11 is 0. The first-order valence-electron chi connectivity index (χ1n) is 10.4. The summed E-state index contributed by atoms with van der Waals surface area (Å²) in [6, 6.07) is 22.4. The highest BCUT2D eigenvalue weighted by molar-refractivity contribution is 7.92. The van der Waals surface area contributed by atoms with E-state index in [-0.39, 0.29) is 16.8 Å². The molecule has 0 aromatic heterocycles. The van der Waals surface area contributed by atoms with Gasteiger partial charge in [-0.15, -0.1) is 0 Å². The fraction of sp³-hybridized carbons (Fsp3) is 0.240. The Morgan fingerprint density at radius 1 is 0.969 bits per heavy atom. The highest BCUT2D eigenvalue weighted by Gasteiger charge is 2.24. The molecule has 0 aliphatic heterocycles. The predicted molar refractivity (Wildman–Crippen MR) is 127 cm³/mol. The van der Waals surface area contributed by atoms with Gasteiger partial charge < -0.3 is 9.64 Å². The van der Waals surface area contributed by atoms with Crippen LogP contribution in [0.25, 0.3) is 0 Å². The topological polar surface area (TPSA) is 66.9 Å². The van der Waals surface area contributed by atoms with Gasteiger partial charge in [0.05, 0.1) is 23.7 Å². The molecule has 6 nitrogen and oxygen atoms in total. The summed E-state index contributed by atoms with van der Waals surface area (Å²) in [7, 11) is -0.612. The second-order valence-corrected chi connectivity index (χ2v) is 9.35. The molecule has 0 bridgehead atoms. The van der Waals surface area contributed by atoms with Gasteiger partial charge >= 0.3 is 0 Å². The quantitative estimate of drug-likeness (QED) is 0.495. The van der Waals surface area contributed by atoms with Gasteiger partial charge in [-0.2, -0.15) is 0 Å². The molecule has 3 aromatic carbocycles. The van der Waals surface area contributed by atoms with Crippen LogP contribution < -0.4 is 9.04 Å². The van der Waals surface area contributed by atoms with Gasteiger partial charge in [0.2, 0.25) is 0 Å². The van der Waals surface area contributed by atoms with E-state index in [1.54, 1.807) is 48.4 Å². The van der Waals surface area contributed by atoms with Crippen LogP contribution in [0.1, 0.15) is 35.8 Å². The summed E-state index contributed by atoms with van der Waals surface area (Å²) in [4.78, 5) is 15.1.